The average molecular weight is 170 g/mol. The molecule has 0 saturated heterocycles. The third-order valence-corrected chi connectivity index (χ3v) is 3.66. The quantitative estimate of drug-likeness (QED) is 0.539. The zero-order chi connectivity index (χ0) is 7.84. The molecular formula is C8H14N2S. The summed E-state index contributed by atoms with van der Waals surface area (Å²) in [6.07, 6.45) is 1.26. The van der Waals surface area contributed by atoms with Gasteiger partial charge in [-0.2, -0.15) is 0 Å². The van der Waals surface area contributed by atoms with Crippen molar-refractivity contribution in [3.63, 3.8) is 0 Å². The third kappa shape index (κ3) is 1.27. The molecule has 11 heavy (non-hydrogen) atoms. The van der Waals surface area contributed by atoms with Crippen LogP contribution in [-0.2, 0) is 0 Å². The van der Waals surface area contributed by atoms with Crippen molar-refractivity contribution >= 4 is 11.8 Å². The standard InChI is InChI=1S/C8H14N2S/c1-9-4-3-8-7(5-9)10(2)6-11-8/h3-6H2,1-2H3. The van der Waals surface area contributed by atoms with E-state index in [1.54, 1.807) is 10.6 Å². The molecule has 0 saturated carbocycles. The first-order valence-electron chi connectivity index (χ1n) is 4.02. The molecule has 3 heteroatoms. The minimum Gasteiger partial charge on any atom is -0.367 e. The normalized spacial score (nSPS) is 26.2. The highest BCUT2D eigenvalue weighted by Crippen LogP contribution is 2.35. The lowest BCUT2D eigenvalue weighted by Gasteiger charge is -2.26. The van der Waals surface area contributed by atoms with Crippen LogP contribution in [0.15, 0.2) is 10.6 Å². The van der Waals surface area contributed by atoms with E-state index >= 15 is 0 Å². The number of hydrogen-bond donors (Lipinski definition) is 0. The molecule has 2 aliphatic heterocycles. The molecule has 0 aromatic rings. The predicted octanol–water partition coefficient (Wildman–Crippen LogP) is 1.17. The second-order valence-electron chi connectivity index (χ2n) is 3.33. The Kier molecular flexibility index (Phi) is 1.85. The highest BCUT2D eigenvalue weighted by molar-refractivity contribution is 8.03. The Balaban J connectivity index is 2.18. The molecule has 62 valence electrons. The molecule has 0 fully saturated rings. The van der Waals surface area contributed by atoms with Crippen LogP contribution < -0.4 is 0 Å². The topological polar surface area (TPSA) is 6.48 Å². The largest absolute Gasteiger partial charge is 0.367 e. The van der Waals surface area contributed by atoms with Gasteiger partial charge in [0.15, 0.2) is 0 Å². The lowest BCUT2D eigenvalue weighted by atomic mass is 10.2. The van der Waals surface area contributed by atoms with Crippen molar-refractivity contribution in [3.05, 3.63) is 10.6 Å². The molecule has 0 aliphatic carbocycles. The van der Waals surface area contributed by atoms with Crippen molar-refractivity contribution < 1.29 is 0 Å². The Morgan fingerprint density at radius 1 is 1.36 bits per heavy atom. The van der Waals surface area contributed by atoms with Crippen molar-refractivity contribution in [2.24, 2.45) is 0 Å². The van der Waals surface area contributed by atoms with Gasteiger partial charge in [0.1, 0.15) is 0 Å². The van der Waals surface area contributed by atoms with Crippen molar-refractivity contribution in [2.75, 3.05) is 33.1 Å². The van der Waals surface area contributed by atoms with Gasteiger partial charge in [0.25, 0.3) is 0 Å². The van der Waals surface area contributed by atoms with E-state index in [1.165, 1.54) is 18.8 Å². The molecule has 0 aromatic carbocycles. The average Bonchev–Trinajstić information content (AvgIpc) is 2.33. The molecule has 0 radical (unpaired) electrons. The van der Waals surface area contributed by atoms with E-state index in [0.717, 1.165) is 6.54 Å². The molecule has 0 amide bonds. The highest BCUT2D eigenvalue weighted by atomic mass is 32.2. The molecule has 2 nitrogen and oxygen atoms in total. The molecule has 2 heterocycles. The Bertz CT molecular complexity index is 200. The lowest BCUT2D eigenvalue weighted by Crippen LogP contribution is -2.30. The van der Waals surface area contributed by atoms with E-state index < -0.39 is 0 Å². The van der Waals surface area contributed by atoms with Crippen LogP contribution in [0.4, 0.5) is 0 Å². The Morgan fingerprint density at radius 3 is 3.00 bits per heavy atom. The van der Waals surface area contributed by atoms with Gasteiger partial charge in [0.05, 0.1) is 5.88 Å². The second kappa shape index (κ2) is 2.72. The van der Waals surface area contributed by atoms with Gasteiger partial charge in [0.2, 0.25) is 0 Å². The maximum Gasteiger partial charge on any atom is 0.0677 e. The van der Waals surface area contributed by atoms with E-state index in [1.807, 2.05) is 11.8 Å². The van der Waals surface area contributed by atoms with Gasteiger partial charge in [-0.15, -0.1) is 11.8 Å². The Labute approximate surface area is 72.2 Å². The molecule has 2 aliphatic rings. The van der Waals surface area contributed by atoms with Crippen LogP contribution in [0.5, 0.6) is 0 Å². The summed E-state index contributed by atoms with van der Waals surface area (Å²) >= 11 is 2.02. The van der Waals surface area contributed by atoms with Crippen LogP contribution in [0.3, 0.4) is 0 Å². The van der Waals surface area contributed by atoms with E-state index in [0.29, 0.717) is 0 Å². The Morgan fingerprint density at radius 2 is 2.18 bits per heavy atom. The van der Waals surface area contributed by atoms with Gasteiger partial charge in [-0.3, -0.25) is 0 Å². The molecule has 0 spiro atoms. The summed E-state index contributed by atoms with van der Waals surface area (Å²) < 4.78 is 0. The number of thioether (sulfide) groups is 1. The van der Waals surface area contributed by atoms with Crippen molar-refractivity contribution in [1.82, 2.24) is 9.80 Å². The minimum atomic E-state index is 1.15. The van der Waals surface area contributed by atoms with Crippen LogP contribution in [0.25, 0.3) is 0 Å². The first-order chi connectivity index (χ1) is 5.27. The summed E-state index contributed by atoms with van der Waals surface area (Å²) in [6, 6.07) is 0. The fourth-order valence-electron chi connectivity index (χ4n) is 1.60. The fraction of sp³-hybridized carbons (Fsp3) is 0.750. The van der Waals surface area contributed by atoms with Gasteiger partial charge >= 0.3 is 0 Å². The molecule has 0 unspecified atom stereocenters. The van der Waals surface area contributed by atoms with E-state index in [9.17, 15) is 0 Å². The van der Waals surface area contributed by atoms with E-state index in [4.69, 9.17) is 0 Å². The first kappa shape index (κ1) is 7.50. The maximum absolute atomic E-state index is 2.39. The lowest BCUT2D eigenvalue weighted by molar-refractivity contribution is 0.312. The number of rotatable bonds is 0. The number of likely N-dealkylation sites (N-methyl/N-ethyl adjacent to an activating group) is 2. The predicted molar refractivity (Wildman–Crippen MR) is 49.4 cm³/mol. The van der Waals surface area contributed by atoms with Gasteiger partial charge in [-0.05, 0) is 13.5 Å². The zero-order valence-electron chi connectivity index (χ0n) is 7.13. The van der Waals surface area contributed by atoms with E-state index in [-0.39, 0.29) is 0 Å². The molecule has 0 atom stereocenters. The van der Waals surface area contributed by atoms with E-state index in [2.05, 4.69) is 23.9 Å². The maximum atomic E-state index is 2.39. The first-order valence-corrected chi connectivity index (χ1v) is 5.00. The summed E-state index contributed by atoms with van der Waals surface area (Å²) in [7, 11) is 4.38. The summed E-state index contributed by atoms with van der Waals surface area (Å²) in [5.41, 5.74) is 1.56. The molecule has 0 bridgehead atoms. The van der Waals surface area contributed by atoms with Gasteiger partial charge in [-0.1, -0.05) is 0 Å². The van der Waals surface area contributed by atoms with Crippen LogP contribution >= 0.6 is 11.8 Å². The summed E-state index contributed by atoms with van der Waals surface area (Å²) in [4.78, 5) is 6.39. The fourth-order valence-corrected chi connectivity index (χ4v) is 2.73. The Hall–Kier alpha value is -0.150. The molecule has 0 N–H and O–H groups in total. The van der Waals surface area contributed by atoms with Gasteiger partial charge in [0, 0.05) is 30.7 Å². The van der Waals surface area contributed by atoms with Gasteiger partial charge < -0.3 is 9.80 Å². The van der Waals surface area contributed by atoms with Crippen molar-refractivity contribution in [3.8, 4) is 0 Å². The van der Waals surface area contributed by atoms with Crippen molar-refractivity contribution in [1.29, 1.82) is 0 Å². The smallest absolute Gasteiger partial charge is 0.0677 e. The molecule has 2 rings (SSSR count). The SMILES string of the molecule is CN1CCC2=C(C1)N(C)CS2. The highest BCUT2D eigenvalue weighted by Gasteiger charge is 2.24. The van der Waals surface area contributed by atoms with Crippen LogP contribution in [0.2, 0.25) is 0 Å². The van der Waals surface area contributed by atoms with Crippen molar-refractivity contribution in [2.45, 2.75) is 6.42 Å². The van der Waals surface area contributed by atoms with Crippen LogP contribution in [-0.4, -0.2) is 42.9 Å². The molecular weight excluding hydrogens is 156 g/mol. The van der Waals surface area contributed by atoms with Crippen LogP contribution in [0, 0.1) is 0 Å². The summed E-state index contributed by atoms with van der Waals surface area (Å²) in [6.45, 7) is 2.39. The summed E-state index contributed by atoms with van der Waals surface area (Å²) in [5, 5.41) is 0. The monoisotopic (exact) mass is 170 g/mol. The minimum absolute atomic E-state index is 1.15. The zero-order valence-corrected chi connectivity index (χ0v) is 7.95. The summed E-state index contributed by atoms with van der Waals surface area (Å²) in [5.74, 6) is 1.17. The van der Waals surface area contributed by atoms with Crippen LogP contribution in [0.1, 0.15) is 6.42 Å². The molecule has 0 aromatic heterocycles. The number of hydrogen-bond acceptors (Lipinski definition) is 3. The number of nitrogens with zero attached hydrogens (tertiary/aromatic N) is 2. The van der Waals surface area contributed by atoms with Gasteiger partial charge in [-0.25, -0.2) is 0 Å². The second-order valence-corrected chi connectivity index (χ2v) is 4.37. The third-order valence-electron chi connectivity index (χ3n) is 2.36.